The van der Waals surface area contributed by atoms with E-state index in [0.29, 0.717) is 18.2 Å². The van der Waals surface area contributed by atoms with Crippen LogP contribution in [0.25, 0.3) is 0 Å². The van der Waals surface area contributed by atoms with E-state index in [4.69, 9.17) is 11.0 Å². The van der Waals surface area contributed by atoms with E-state index in [1.807, 2.05) is 39.6 Å². The molecule has 1 rings (SSSR count). The fourth-order valence-corrected chi connectivity index (χ4v) is 1.53. The average molecular weight is 247 g/mol. The molecule has 98 valence electrons. The number of nitrogens with two attached hydrogens (primary N) is 1. The predicted octanol–water partition coefficient (Wildman–Crippen LogP) is 1.95. The molecule has 1 atom stereocenters. The van der Waals surface area contributed by atoms with Gasteiger partial charge in [0.1, 0.15) is 17.5 Å². The van der Waals surface area contributed by atoms with Gasteiger partial charge in [0.05, 0.1) is 12.0 Å². The van der Waals surface area contributed by atoms with Crippen molar-refractivity contribution in [1.29, 1.82) is 5.26 Å². The third kappa shape index (κ3) is 3.59. The van der Waals surface area contributed by atoms with Crippen molar-refractivity contribution in [2.24, 2.45) is 5.92 Å². The van der Waals surface area contributed by atoms with Crippen molar-refractivity contribution in [2.75, 3.05) is 24.2 Å². The van der Waals surface area contributed by atoms with Gasteiger partial charge in [-0.1, -0.05) is 20.8 Å². The number of anilines is 2. The first-order valence-corrected chi connectivity index (χ1v) is 6.00. The summed E-state index contributed by atoms with van der Waals surface area (Å²) in [7, 11) is 1.90. The van der Waals surface area contributed by atoms with Crippen LogP contribution in [0.3, 0.4) is 0 Å². The SMILES string of the molecule is CC(C#N)CN(C)c1cc(N)nc(C(C)(C)C)n1. The van der Waals surface area contributed by atoms with Crippen molar-refractivity contribution in [3.8, 4) is 6.07 Å². The first kappa shape index (κ1) is 14.2. The van der Waals surface area contributed by atoms with Crippen LogP contribution in [0, 0.1) is 17.2 Å². The zero-order valence-corrected chi connectivity index (χ0v) is 11.7. The summed E-state index contributed by atoms with van der Waals surface area (Å²) < 4.78 is 0. The average Bonchev–Trinajstić information content (AvgIpc) is 2.26. The number of nitriles is 1. The van der Waals surface area contributed by atoms with Crippen LogP contribution in [0.2, 0.25) is 0 Å². The van der Waals surface area contributed by atoms with Gasteiger partial charge in [-0.2, -0.15) is 5.26 Å². The van der Waals surface area contributed by atoms with Crippen LogP contribution in [0.15, 0.2) is 6.07 Å². The normalized spacial score (nSPS) is 12.9. The molecule has 5 heteroatoms. The molecule has 0 aromatic carbocycles. The molecule has 0 spiro atoms. The second-order valence-electron chi connectivity index (χ2n) is 5.64. The lowest BCUT2D eigenvalue weighted by Gasteiger charge is -2.23. The lowest BCUT2D eigenvalue weighted by Crippen LogP contribution is -2.26. The van der Waals surface area contributed by atoms with Gasteiger partial charge in [-0.15, -0.1) is 0 Å². The highest BCUT2D eigenvalue weighted by Gasteiger charge is 2.20. The van der Waals surface area contributed by atoms with Crippen molar-refractivity contribution in [2.45, 2.75) is 33.1 Å². The third-order valence-electron chi connectivity index (χ3n) is 2.56. The summed E-state index contributed by atoms with van der Waals surface area (Å²) in [4.78, 5) is 10.7. The van der Waals surface area contributed by atoms with Crippen molar-refractivity contribution >= 4 is 11.6 Å². The smallest absolute Gasteiger partial charge is 0.138 e. The lowest BCUT2D eigenvalue weighted by atomic mass is 9.96. The molecule has 1 unspecified atom stereocenters. The Morgan fingerprint density at radius 1 is 1.44 bits per heavy atom. The van der Waals surface area contributed by atoms with Crippen molar-refractivity contribution in [3.05, 3.63) is 11.9 Å². The molecule has 0 aliphatic carbocycles. The minimum Gasteiger partial charge on any atom is -0.384 e. The second kappa shape index (κ2) is 5.21. The fourth-order valence-electron chi connectivity index (χ4n) is 1.53. The largest absolute Gasteiger partial charge is 0.384 e. The van der Waals surface area contributed by atoms with Crippen LogP contribution < -0.4 is 10.6 Å². The van der Waals surface area contributed by atoms with Gasteiger partial charge >= 0.3 is 0 Å². The molecule has 0 saturated heterocycles. The molecule has 5 nitrogen and oxygen atoms in total. The molecule has 0 fully saturated rings. The summed E-state index contributed by atoms with van der Waals surface area (Å²) in [6, 6.07) is 3.94. The van der Waals surface area contributed by atoms with Crippen LogP contribution in [0.4, 0.5) is 11.6 Å². The van der Waals surface area contributed by atoms with E-state index >= 15 is 0 Å². The topological polar surface area (TPSA) is 78.8 Å². The minimum atomic E-state index is -0.147. The summed E-state index contributed by atoms with van der Waals surface area (Å²) in [5.41, 5.74) is 5.67. The summed E-state index contributed by atoms with van der Waals surface area (Å²) >= 11 is 0. The van der Waals surface area contributed by atoms with Crippen LogP contribution in [-0.4, -0.2) is 23.6 Å². The molecule has 0 amide bonds. The number of nitrogen functional groups attached to an aromatic ring is 1. The van der Waals surface area contributed by atoms with Crippen LogP contribution in [0.1, 0.15) is 33.5 Å². The standard InChI is InChI=1S/C13H21N5/c1-9(7-14)8-18(5)11-6-10(15)16-12(17-11)13(2,3)4/h6,9H,8H2,1-5H3,(H2,15,16,17). The Kier molecular flexibility index (Phi) is 4.12. The van der Waals surface area contributed by atoms with Gasteiger partial charge in [0.25, 0.3) is 0 Å². The summed E-state index contributed by atoms with van der Waals surface area (Å²) in [5, 5.41) is 8.83. The molecule has 18 heavy (non-hydrogen) atoms. The molecule has 1 aromatic rings. The Morgan fingerprint density at radius 3 is 2.56 bits per heavy atom. The molecule has 0 aliphatic rings. The first-order chi connectivity index (χ1) is 8.24. The van der Waals surface area contributed by atoms with Crippen molar-refractivity contribution in [3.63, 3.8) is 0 Å². The minimum absolute atomic E-state index is 0.0516. The zero-order chi connectivity index (χ0) is 13.9. The van der Waals surface area contributed by atoms with Gasteiger partial charge in [0, 0.05) is 25.1 Å². The number of nitrogens with zero attached hydrogens (tertiary/aromatic N) is 4. The maximum absolute atomic E-state index is 8.83. The van der Waals surface area contributed by atoms with E-state index in [-0.39, 0.29) is 11.3 Å². The van der Waals surface area contributed by atoms with Crippen molar-refractivity contribution in [1.82, 2.24) is 9.97 Å². The maximum atomic E-state index is 8.83. The Hall–Kier alpha value is -1.83. The van der Waals surface area contributed by atoms with Gasteiger partial charge in [-0.25, -0.2) is 9.97 Å². The molecule has 1 heterocycles. The van der Waals surface area contributed by atoms with E-state index in [1.165, 1.54) is 0 Å². The Balaban J connectivity index is 3.03. The summed E-state index contributed by atoms with van der Waals surface area (Å²) in [6.07, 6.45) is 0. The fraction of sp³-hybridized carbons (Fsp3) is 0.615. The predicted molar refractivity (Wildman–Crippen MR) is 73.2 cm³/mol. The highest BCUT2D eigenvalue weighted by atomic mass is 15.2. The van der Waals surface area contributed by atoms with Crippen LogP contribution >= 0.6 is 0 Å². The van der Waals surface area contributed by atoms with E-state index in [2.05, 4.69) is 16.0 Å². The van der Waals surface area contributed by atoms with E-state index in [0.717, 1.165) is 5.82 Å². The molecule has 0 aliphatic heterocycles. The third-order valence-corrected chi connectivity index (χ3v) is 2.56. The van der Waals surface area contributed by atoms with E-state index in [1.54, 1.807) is 6.07 Å². The van der Waals surface area contributed by atoms with E-state index in [9.17, 15) is 0 Å². The quantitative estimate of drug-likeness (QED) is 0.883. The molecular weight excluding hydrogens is 226 g/mol. The first-order valence-electron chi connectivity index (χ1n) is 6.00. The molecular formula is C13H21N5. The van der Waals surface area contributed by atoms with Gasteiger partial charge in [0.15, 0.2) is 0 Å². The van der Waals surface area contributed by atoms with Gasteiger partial charge in [-0.3, -0.25) is 0 Å². The highest BCUT2D eigenvalue weighted by Crippen LogP contribution is 2.22. The van der Waals surface area contributed by atoms with Crippen molar-refractivity contribution < 1.29 is 0 Å². The second-order valence-corrected chi connectivity index (χ2v) is 5.64. The van der Waals surface area contributed by atoms with Gasteiger partial charge in [-0.05, 0) is 6.92 Å². The number of hydrogen-bond donors (Lipinski definition) is 1. The molecule has 0 bridgehead atoms. The Morgan fingerprint density at radius 2 is 2.06 bits per heavy atom. The maximum Gasteiger partial charge on any atom is 0.138 e. The lowest BCUT2D eigenvalue weighted by molar-refractivity contribution is 0.545. The number of rotatable bonds is 3. The number of hydrogen-bond acceptors (Lipinski definition) is 5. The van der Waals surface area contributed by atoms with E-state index < -0.39 is 0 Å². The monoisotopic (exact) mass is 247 g/mol. The molecule has 0 radical (unpaired) electrons. The summed E-state index contributed by atoms with van der Waals surface area (Å²) in [5.74, 6) is 1.88. The molecule has 2 N–H and O–H groups in total. The highest BCUT2D eigenvalue weighted by molar-refractivity contribution is 5.47. The summed E-state index contributed by atoms with van der Waals surface area (Å²) in [6.45, 7) is 8.64. The Bertz CT molecular complexity index is 455. The molecule has 0 saturated carbocycles. The Labute approximate surface area is 109 Å². The van der Waals surface area contributed by atoms with Crippen LogP contribution in [-0.2, 0) is 5.41 Å². The zero-order valence-electron chi connectivity index (χ0n) is 11.7. The van der Waals surface area contributed by atoms with Gasteiger partial charge in [0.2, 0.25) is 0 Å². The van der Waals surface area contributed by atoms with Crippen LogP contribution in [0.5, 0.6) is 0 Å². The molecule has 1 aromatic heterocycles. The number of aromatic nitrogens is 2. The van der Waals surface area contributed by atoms with Gasteiger partial charge < -0.3 is 10.6 Å².